The van der Waals surface area contributed by atoms with Gasteiger partial charge >= 0.3 is 0 Å². The molecule has 0 bridgehead atoms. The van der Waals surface area contributed by atoms with Gasteiger partial charge in [-0.05, 0) is 42.2 Å². The van der Waals surface area contributed by atoms with Gasteiger partial charge in [0.1, 0.15) is 5.75 Å². The van der Waals surface area contributed by atoms with Crippen LogP contribution in [0.15, 0.2) is 24.3 Å². The predicted octanol–water partition coefficient (Wildman–Crippen LogP) is 3.74. The van der Waals surface area contributed by atoms with Crippen molar-refractivity contribution >= 4 is 8.32 Å². The molecule has 21 heavy (non-hydrogen) atoms. The topological polar surface area (TPSA) is 49.7 Å². The second-order valence-corrected chi connectivity index (χ2v) is 12.0. The minimum Gasteiger partial charge on any atom is -0.543 e. The maximum Gasteiger partial charge on any atom is 0.250 e. The molecule has 0 amide bonds. The van der Waals surface area contributed by atoms with Crippen LogP contribution in [0, 0.1) is 0 Å². The van der Waals surface area contributed by atoms with Crippen LogP contribution >= 0.6 is 0 Å². The summed E-state index contributed by atoms with van der Waals surface area (Å²) in [4.78, 5) is 0. The predicted molar refractivity (Wildman–Crippen MR) is 90.3 cm³/mol. The molecule has 1 rings (SSSR count). The van der Waals surface area contributed by atoms with Gasteiger partial charge in [-0.1, -0.05) is 39.8 Å². The molecule has 0 unspecified atom stereocenters. The van der Waals surface area contributed by atoms with Gasteiger partial charge in [0.05, 0.1) is 12.2 Å². The standard InChI is InChI=1S/C17H30O3Si/c1-7-15(18)16(19)12-13-9-8-10-14(11-13)20-21(5,6)17(2,3)4/h8-11,15-16,18-19H,7,12H2,1-6H3/t15-,16-/m0/s1. The Morgan fingerprint density at radius 2 is 1.76 bits per heavy atom. The van der Waals surface area contributed by atoms with E-state index in [9.17, 15) is 10.2 Å². The lowest BCUT2D eigenvalue weighted by atomic mass is 10.0. The Hall–Kier alpha value is -0.843. The van der Waals surface area contributed by atoms with E-state index in [4.69, 9.17) is 4.43 Å². The summed E-state index contributed by atoms with van der Waals surface area (Å²) >= 11 is 0. The highest BCUT2D eigenvalue weighted by Gasteiger charge is 2.38. The maximum atomic E-state index is 9.94. The summed E-state index contributed by atoms with van der Waals surface area (Å²) in [5.41, 5.74) is 0.992. The third kappa shape index (κ3) is 5.13. The van der Waals surface area contributed by atoms with Crippen molar-refractivity contribution in [2.75, 3.05) is 0 Å². The molecule has 0 spiro atoms. The summed E-state index contributed by atoms with van der Waals surface area (Å²) in [6.07, 6.45) is -0.390. The van der Waals surface area contributed by atoms with Gasteiger partial charge in [-0.3, -0.25) is 0 Å². The van der Waals surface area contributed by atoms with Crippen molar-refractivity contribution in [2.45, 2.75) is 70.9 Å². The summed E-state index contributed by atoms with van der Waals surface area (Å²) < 4.78 is 6.27. The molecule has 1 aromatic carbocycles. The first-order valence-corrected chi connectivity index (χ1v) is 10.6. The number of benzene rings is 1. The van der Waals surface area contributed by atoms with Gasteiger partial charge in [-0.25, -0.2) is 0 Å². The van der Waals surface area contributed by atoms with Crippen molar-refractivity contribution in [1.82, 2.24) is 0 Å². The average Bonchev–Trinajstić information content (AvgIpc) is 2.36. The van der Waals surface area contributed by atoms with Crippen molar-refractivity contribution in [3.05, 3.63) is 29.8 Å². The van der Waals surface area contributed by atoms with Gasteiger partial charge in [-0.15, -0.1) is 0 Å². The molecule has 4 heteroatoms. The van der Waals surface area contributed by atoms with Gasteiger partial charge in [0, 0.05) is 6.42 Å². The van der Waals surface area contributed by atoms with E-state index >= 15 is 0 Å². The first kappa shape index (κ1) is 18.2. The quantitative estimate of drug-likeness (QED) is 0.787. The summed E-state index contributed by atoms with van der Waals surface area (Å²) in [7, 11) is -1.85. The van der Waals surface area contributed by atoms with Crippen LogP contribution in [0.5, 0.6) is 5.75 Å². The zero-order chi connectivity index (χ0) is 16.3. The van der Waals surface area contributed by atoms with Gasteiger partial charge in [0.15, 0.2) is 0 Å². The van der Waals surface area contributed by atoms with Crippen LogP contribution in [-0.2, 0) is 6.42 Å². The molecule has 0 saturated heterocycles. The fourth-order valence-corrected chi connectivity index (χ4v) is 2.86. The molecule has 0 saturated carbocycles. The minimum atomic E-state index is -1.85. The molecule has 0 aliphatic heterocycles. The Balaban J connectivity index is 2.82. The maximum absolute atomic E-state index is 9.94. The van der Waals surface area contributed by atoms with Crippen molar-refractivity contribution in [2.24, 2.45) is 0 Å². The zero-order valence-electron chi connectivity index (χ0n) is 14.2. The van der Waals surface area contributed by atoms with Gasteiger partial charge in [0.2, 0.25) is 8.32 Å². The molecule has 3 nitrogen and oxygen atoms in total. The highest BCUT2D eigenvalue weighted by Crippen LogP contribution is 2.37. The molecule has 0 aliphatic rings. The van der Waals surface area contributed by atoms with Crippen LogP contribution in [0.1, 0.15) is 39.7 Å². The Labute approximate surface area is 130 Å². The van der Waals surface area contributed by atoms with E-state index in [0.717, 1.165) is 11.3 Å². The third-order valence-corrected chi connectivity index (χ3v) is 8.74. The fraction of sp³-hybridized carbons (Fsp3) is 0.647. The molecule has 120 valence electrons. The number of rotatable bonds is 6. The lowest BCUT2D eigenvalue weighted by Crippen LogP contribution is -2.43. The highest BCUT2D eigenvalue weighted by molar-refractivity contribution is 6.74. The number of hydrogen-bond acceptors (Lipinski definition) is 3. The van der Waals surface area contributed by atoms with E-state index in [1.165, 1.54) is 0 Å². The average molecular weight is 311 g/mol. The van der Waals surface area contributed by atoms with E-state index in [1.54, 1.807) is 0 Å². The fourth-order valence-electron chi connectivity index (χ4n) is 1.83. The molecule has 0 fully saturated rings. The normalized spacial score (nSPS) is 15.6. The number of aliphatic hydroxyl groups excluding tert-OH is 2. The molecule has 0 heterocycles. The monoisotopic (exact) mass is 310 g/mol. The first-order valence-electron chi connectivity index (χ1n) is 7.71. The van der Waals surface area contributed by atoms with Crippen LogP contribution in [0.2, 0.25) is 18.1 Å². The van der Waals surface area contributed by atoms with Crippen LogP contribution in [0.25, 0.3) is 0 Å². The van der Waals surface area contributed by atoms with Crippen molar-refractivity contribution < 1.29 is 14.6 Å². The van der Waals surface area contributed by atoms with E-state index in [2.05, 4.69) is 33.9 Å². The molecule has 2 atom stereocenters. The molecule has 1 aromatic rings. The van der Waals surface area contributed by atoms with Crippen LogP contribution in [-0.4, -0.2) is 30.7 Å². The van der Waals surface area contributed by atoms with Gasteiger partial charge in [-0.2, -0.15) is 0 Å². The first-order chi connectivity index (χ1) is 9.56. The van der Waals surface area contributed by atoms with Gasteiger partial charge in [0.25, 0.3) is 0 Å². The Bertz CT molecular complexity index is 452. The van der Waals surface area contributed by atoms with Gasteiger partial charge < -0.3 is 14.6 Å². The highest BCUT2D eigenvalue weighted by atomic mass is 28.4. The molecular weight excluding hydrogens is 280 g/mol. The minimum absolute atomic E-state index is 0.154. The van der Waals surface area contributed by atoms with E-state index < -0.39 is 20.5 Å². The second-order valence-electron chi connectivity index (χ2n) is 7.26. The van der Waals surface area contributed by atoms with Crippen LogP contribution < -0.4 is 4.43 Å². The van der Waals surface area contributed by atoms with E-state index in [0.29, 0.717) is 12.8 Å². The Morgan fingerprint density at radius 1 is 1.14 bits per heavy atom. The molecule has 0 radical (unpaired) electrons. The second kappa shape index (κ2) is 6.94. The largest absolute Gasteiger partial charge is 0.543 e. The smallest absolute Gasteiger partial charge is 0.250 e. The van der Waals surface area contributed by atoms with Crippen LogP contribution in [0.3, 0.4) is 0 Å². The summed E-state index contributed by atoms with van der Waals surface area (Å²) in [6.45, 7) is 12.9. The lowest BCUT2D eigenvalue weighted by molar-refractivity contribution is 0.0181. The number of aliphatic hydroxyl groups is 2. The number of hydrogen-bond donors (Lipinski definition) is 2. The summed E-state index contributed by atoms with van der Waals surface area (Å²) in [5, 5.41) is 19.8. The van der Waals surface area contributed by atoms with Crippen molar-refractivity contribution in [3.8, 4) is 5.75 Å². The molecule has 0 aliphatic carbocycles. The van der Waals surface area contributed by atoms with E-state index in [-0.39, 0.29) is 5.04 Å². The van der Waals surface area contributed by atoms with Crippen molar-refractivity contribution in [3.63, 3.8) is 0 Å². The molecule has 0 aromatic heterocycles. The third-order valence-electron chi connectivity index (χ3n) is 4.38. The zero-order valence-corrected chi connectivity index (χ0v) is 15.2. The lowest BCUT2D eigenvalue weighted by Gasteiger charge is -2.36. The van der Waals surface area contributed by atoms with E-state index in [1.807, 2.05) is 31.2 Å². The molecular formula is C17H30O3Si. The Morgan fingerprint density at radius 3 is 2.29 bits per heavy atom. The molecule has 2 N–H and O–H groups in total. The summed E-state index contributed by atoms with van der Waals surface area (Å²) in [6, 6.07) is 7.85. The SMILES string of the molecule is CC[C@H](O)[C@@H](O)Cc1cccc(O[Si](C)(C)C(C)(C)C)c1. The van der Waals surface area contributed by atoms with Crippen LogP contribution in [0.4, 0.5) is 0 Å². The Kier molecular flexibility index (Phi) is 6.02. The summed E-state index contributed by atoms with van der Waals surface area (Å²) in [5.74, 6) is 0.859. The van der Waals surface area contributed by atoms with Crippen molar-refractivity contribution in [1.29, 1.82) is 0 Å².